The molecule has 0 amide bonds. The topological polar surface area (TPSA) is 82.0 Å². The molecule has 1 unspecified atom stereocenters. The number of benzene rings is 1. The van der Waals surface area contributed by atoms with Crippen LogP contribution in [-0.2, 0) is 9.53 Å². The Morgan fingerprint density at radius 2 is 2.10 bits per heavy atom. The predicted octanol–water partition coefficient (Wildman–Crippen LogP) is 1.41. The van der Waals surface area contributed by atoms with E-state index in [-0.39, 0.29) is 11.5 Å². The minimum Gasteiger partial charge on any atom is -0.508 e. The Morgan fingerprint density at radius 1 is 1.43 bits per heavy atom. The normalized spacial score (nSPS) is 18.5. The van der Waals surface area contributed by atoms with Crippen LogP contribution in [0.1, 0.15) is 18.5 Å². The molecule has 7 heteroatoms. The highest BCUT2D eigenvalue weighted by Crippen LogP contribution is 2.36. The highest BCUT2D eigenvalue weighted by atomic mass is 32.1. The van der Waals surface area contributed by atoms with Crippen LogP contribution >= 0.6 is 12.2 Å². The van der Waals surface area contributed by atoms with Crippen LogP contribution in [0.5, 0.6) is 11.5 Å². The zero-order valence-electron chi connectivity index (χ0n) is 11.9. The third-order valence-corrected chi connectivity index (χ3v) is 3.88. The van der Waals surface area contributed by atoms with Gasteiger partial charge in [0.1, 0.15) is 11.5 Å². The molecule has 0 fully saturated rings. The highest BCUT2D eigenvalue weighted by Gasteiger charge is 2.34. The summed E-state index contributed by atoms with van der Waals surface area (Å²) in [4.78, 5) is 13.7. The predicted molar refractivity (Wildman–Crippen MR) is 80.7 cm³/mol. The number of esters is 1. The smallest absolute Gasteiger partial charge is 0.337 e. The van der Waals surface area contributed by atoms with E-state index in [1.165, 1.54) is 25.3 Å². The summed E-state index contributed by atoms with van der Waals surface area (Å²) in [6.45, 7) is 1.75. The zero-order chi connectivity index (χ0) is 15.7. The fourth-order valence-corrected chi connectivity index (χ4v) is 2.47. The molecule has 0 saturated heterocycles. The minimum absolute atomic E-state index is 0.0629. The van der Waals surface area contributed by atoms with E-state index in [9.17, 15) is 15.0 Å². The Kier molecular flexibility index (Phi) is 4.04. The fourth-order valence-electron chi connectivity index (χ4n) is 2.22. The van der Waals surface area contributed by atoms with Crippen LogP contribution in [0, 0.1) is 0 Å². The van der Waals surface area contributed by atoms with Crippen LogP contribution in [0.25, 0.3) is 0 Å². The van der Waals surface area contributed by atoms with Crippen molar-refractivity contribution in [3.05, 3.63) is 35.0 Å². The van der Waals surface area contributed by atoms with Crippen LogP contribution in [0.15, 0.2) is 29.5 Å². The lowest BCUT2D eigenvalue weighted by Crippen LogP contribution is -2.46. The molecule has 1 aliphatic rings. The number of ether oxygens (including phenoxy) is 1. The quantitative estimate of drug-likeness (QED) is 0.563. The molecule has 1 aliphatic heterocycles. The van der Waals surface area contributed by atoms with Gasteiger partial charge in [0, 0.05) is 24.4 Å². The van der Waals surface area contributed by atoms with Gasteiger partial charge in [-0.15, -0.1) is 0 Å². The first-order valence-corrected chi connectivity index (χ1v) is 6.62. The number of aromatic hydroxyl groups is 2. The summed E-state index contributed by atoms with van der Waals surface area (Å²) >= 11 is 5.22. The van der Waals surface area contributed by atoms with Gasteiger partial charge in [0.25, 0.3) is 0 Å². The molecule has 1 heterocycles. The molecule has 6 nitrogen and oxygen atoms in total. The molecule has 3 N–H and O–H groups in total. The second-order valence-corrected chi connectivity index (χ2v) is 5.06. The summed E-state index contributed by atoms with van der Waals surface area (Å²) in [5.74, 6) is -0.701. The third kappa shape index (κ3) is 2.64. The van der Waals surface area contributed by atoms with Gasteiger partial charge in [0.15, 0.2) is 5.11 Å². The third-order valence-electron chi connectivity index (χ3n) is 3.48. The van der Waals surface area contributed by atoms with Crippen LogP contribution in [0.3, 0.4) is 0 Å². The van der Waals surface area contributed by atoms with Crippen LogP contribution in [-0.4, -0.2) is 40.4 Å². The summed E-state index contributed by atoms with van der Waals surface area (Å²) < 4.78 is 4.82. The Labute approximate surface area is 127 Å². The average molecular weight is 308 g/mol. The lowest BCUT2D eigenvalue weighted by Gasteiger charge is -2.35. The van der Waals surface area contributed by atoms with E-state index in [1.54, 1.807) is 18.9 Å². The molecule has 0 radical (unpaired) electrons. The minimum atomic E-state index is -0.637. The summed E-state index contributed by atoms with van der Waals surface area (Å²) in [6.07, 6.45) is 0. The van der Waals surface area contributed by atoms with Crippen molar-refractivity contribution in [2.75, 3.05) is 14.2 Å². The number of carbonyl (C=O) groups is 1. The Balaban J connectivity index is 2.59. The summed E-state index contributed by atoms with van der Waals surface area (Å²) in [5.41, 5.74) is 1.43. The van der Waals surface area contributed by atoms with Crippen molar-refractivity contribution in [2.24, 2.45) is 0 Å². The number of nitrogens with zero attached hydrogens (tertiary/aromatic N) is 1. The lowest BCUT2D eigenvalue weighted by molar-refractivity contribution is -0.136. The molecular formula is C14H16N2O4S. The first kappa shape index (κ1) is 15.1. The van der Waals surface area contributed by atoms with E-state index in [0.29, 0.717) is 21.9 Å². The molecular weight excluding hydrogens is 292 g/mol. The molecule has 112 valence electrons. The maximum atomic E-state index is 12.1. The number of phenols is 2. The molecule has 0 bridgehead atoms. The number of rotatable bonds is 2. The summed E-state index contributed by atoms with van der Waals surface area (Å²) in [6, 6.07) is 3.54. The molecule has 1 aromatic carbocycles. The van der Waals surface area contributed by atoms with E-state index < -0.39 is 12.0 Å². The number of thiocarbonyl (C=S) groups is 1. The largest absolute Gasteiger partial charge is 0.508 e. The molecule has 0 saturated carbocycles. The van der Waals surface area contributed by atoms with Crippen molar-refractivity contribution in [1.82, 2.24) is 10.2 Å². The highest BCUT2D eigenvalue weighted by molar-refractivity contribution is 7.80. The van der Waals surface area contributed by atoms with Gasteiger partial charge >= 0.3 is 5.97 Å². The van der Waals surface area contributed by atoms with Crippen LogP contribution < -0.4 is 5.32 Å². The summed E-state index contributed by atoms with van der Waals surface area (Å²) in [5, 5.41) is 22.8. The Morgan fingerprint density at radius 3 is 2.67 bits per heavy atom. The number of nitrogens with one attached hydrogen (secondary N) is 1. The SMILES string of the molecule is COC(=O)C1=C(C)N(C)C(=S)NC1c1ccc(O)cc1O. The van der Waals surface area contributed by atoms with Crippen LogP contribution in [0.4, 0.5) is 0 Å². The van der Waals surface area contributed by atoms with E-state index in [1.807, 2.05) is 0 Å². The first-order valence-electron chi connectivity index (χ1n) is 6.22. The van der Waals surface area contributed by atoms with Gasteiger partial charge in [-0.1, -0.05) is 0 Å². The van der Waals surface area contributed by atoms with Crippen molar-refractivity contribution >= 4 is 23.3 Å². The monoisotopic (exact) mass is 308 g/mol. The number of hydrogen-bond donors (Lipinski definition) is 3. The second kappa shape index (κ2) is 5.61. The van der Waals surface area contributed by atoms with Gasteiger partial charge in [0.05, 0.1) is 18.7 Å². The standard InChI is InChI=1S/C14H16N2O4S/c1-7-11(13(19)20-3)12(15-14(21)16(7)2)9-5-4-8(17)6-10(9)18/h4-6,12,17-18H,1-3H3,(H,15,21). The number of carbonyl (C=O) groups excluding carboxylic acids is 1. The number of hydrogen-bond acceptors (Lipinski definition) is 5. The second-order valence-electron chi connectivity index (χ2n) is 4.68. The average Bonchev–Trinajstić information content (AvgIpc) is 2.44. The van der Waals surface area contributed by atoms with Crippen molar-refractivity contribution in [1.29, 1.82) is 0 Å². The molecule has 0 spiro atoms. The van der Waals surface area contributed by atoms with Gasteiger partial charge < -0.3 is 25.2 Å². The molecule has 0 aromatic heterocycles. The molecule has 2 rings (SSSR count). The number of allylic oxidation sites excluding steroid dienone is 1. The van der Waals surface area contributed by atoms with Crippen molar-refractivity contribution in [3.8, 4) is 11.5 Å². The van der Waals surface area contributed by atoms with E-state index in [2.05, 4.69) is 5.32 Å². The van der Waals surface area contributed by atoms with E-state index >= 15 is 0 Å². The van der Waals surface area contributed by atoms with Crippen molar-refractivity contribution < 1.29 is 19.7 Å². The zero-order valence-corrected chi connectivity index (χ0v) is 12.7. The van der Waals surface area contributed by atoms with Gasteiger partial charge in [-0.05, 0) is 31.3 Å². The lowest BCUT2D eigenvalue weighted by atomic mass is 9.94. The molecule has 1 atom stereocenters. The van der Waals surface area contributed by atoms with Gasteiger partial charge in [0.2, 0.25) is 0 Å². The Hall–Kier alpha value is -2.28. The number of methoxy groups -OCH3 is 1. The molecule has 21 heavy (non-hydrogen) atoms. The van der Waals surface area contributed by atoms with Crippen molar-refractivity contribution in [3.63, 3.8) is 0 Å². The van der Waals surface area contributed by atoms with Crippen molar-refractivity contribution in [2.45, 2.75) is 13.0 Å². The Bertz CT molecular complexity index is 642. The fraction of sp³-hybridized carbons (Fsp3) is 0.286. The number of phenolic OH excluding ortho intramolecular Hbond substituents is 2. The maximum absolute atomic E-state index is 12.1. The maximum Gasteiger partial charge on any atom is 0.337 e. The first-order chi connectivity index (χ1) is 9.86. The summed E-state index contributed by atoms with van der Waals surface area (Å²) in [7, 11) is 3.03. The molecule has 1 aromatic rings. The van der Waals surface area contributed by atoms with E-state index in [4.69, 9.17) is 17.0 Å². The van der Waals surface area contributed by atoms with Gasteiger partial charge in [-0.25, -0.2) is 4.79 Å². The van der Waals surface area contributed by atoms with Crippen LogP contribution in [0.2, 0.25) is 0 Å². The van der Waals surface area contributed by atoms with E-state index in [0.717, 1.165) is 0 Å². The molecule has 0 aliphatic carbocycles. The van der Waals surface area contributed by atoms with Gasteiger partial charge in [-0.3, -0.25) is 0 Å². The van der Waals surface area contributed by atoms with Gasteiger partial charge in [-0.2, -0.15) is 0 Å².